The Balaban J connectivity index is 2.34. The third-order valence-electron chi connectivity index (χ3n) is 3.04. The molecule has 1 N–H and O–H groups in total. The molecule has 0 spiro atoms. The highest BCUT2D eigenvalue weighted by atomic mass is 79.9. The summed E-state index contributed by atoms with van der Waals surface area (Å²) in [4.78, 5) is 0. The molecule has 1 heterocycles. The Bertz CT molecular complexity index is 551. The minimum absolute atomic E-state index is 0.0435. The van der Waals surface area contributed by atoms with Crippen LogP contribution in [0.1, 0.15) is 29.9 Å². The lowest BCUT2D eigenvalue weighted by molar-refractivity contribution is 0.338. The van der Waals surface area contributed by atoms with E-state index in [1.54, 1.807) is 6.26 Å². The van der Waals surface area contributed by atoms with Gasteiger partial charge in [-0.1, -0.05) is 6.07 Å². The predicted octanol–water partition coefficient (Wildman–Crippen LogP) is 4.06. The van der Waals surface area contributed by atoms with Crippen LogP contribution in [0, 0.1) is 6.92 Å². The molecule has 0 saturated heterocycles. The van der Waals surface area contributed by atoms with Gasteiger partial charge in [-0.3, -0.25) is 0 Å². The summed E-state index contributed by atoms with van der Waals surface area (Å²) < 4.78 is 12.1. The van der Waals surface area contributed by atoms with E-state index in [1.807, 2.05) is 33.0 Å². The maximum absolute atomic E-state index is 5.58. The first-order valence-corrected chi connectivity index (χ1v) is 7.10. The van der Waals surface area contributed by atoms with Crippen LogP contribution in [-0.2, 0) is 0 Å². The maximum Gasteiger partial charge on any atom is 0.133 e. The lowest BCUT2D eigenvalue weighted by Crippen LogP contribution is -2.17. The molecule has 0 fully saturated rings. The summed E-state index contributed by atoms with van der Waals surface area (Å²) in [6, 6.07) is 8.11. The number of hydrogen-bond donors (Lipinski definition) is 1. The van der Waals surface area contributed by atoms with Gasteiger partial charge in [0, 0.05) is 0 Å². The summed E-state index contributed by atoms with van der Waals surface area (Å²) in [6.45, 7) is 4.68. The monoisotopic (exact) mass is 323 g/mol. The van der Waals surface area contributed by atoms with E-state index in [0.29, 0.717) is 6.61 Å². The number of halogens is 1. The van der Waals surface area contributed by atoms with Crippen molar-refractivity contribution in [1.29, 1.82) is 0 Å². The molecule has 0 bridgehead atoms. The topological polar surface area (TPSA) is 34.4 Å². The van der Waals surface area contributed by atoms with Crippen molar-refractivity contribution in [1.82, 2.24) is 5.32 Å². The fraction of sp³-hybridized carbons (Fsp3) is 0.333. The molecular weight excluding hydrogens is 306 g/mol. The lowest BCUT2D eigenvalue weighted by Gasteiger charge is -2.17. The molecule has 1 atom stereocenters. The number of hydrogen-bond acceptors (Lipinski definition) is 3. The average Bonchev–Trinajstić information content (AvgIpc) is 2.80. The fourth-order valence-electron chi connectivity index (χ4n) is 2.10. The molecule has 102 valence electrons. The van der Waals surface area contributed by atoms with E-state index in [1.165, 1.54) is 0 Å². The van der Waals surface area contributed by atoms with Gasteiger partial charge in [-0.15, -0.1) is 0 Å². The Kier molecular flexibility index (Phi) is 4.66. The van der Waals surface area contributed by atoms with Gasteiger partial charge < -0.3 is 14.5 Å². The molecule has 0 amide bonds. The number of ether oxygens (including phenoxy) is 1. The highest BCUT2D eigenvalue weighted by Gasteiger charge is 2.18. The molecule has 3 nitrogen and oxygen atoms in total. The van der Waals surface area contributed by atoms with E-state index < -0.39 is 0 Å². The highest BCUT2D eigenvalue weighted by Crippen LogP contribution is 2.32. The van der Waals surface area contributed by atoms with Crippen LogP contribution in [0.5, 0.6) is 5.75 Å². The lowest BCUT2D eigenvalue weighted by atomic mass is 10.0. The fourth-order valence-corrected chi connectivity index (χ4v) is 2.61. The van der Waals surface area contributed by atoms with E-state index in [2.05, 4.69) is 33.4 Å². The Morgan fingerprint density at radius 2 is 2.16 bits per heavy atom. The largest absolute Gasteiger partial charge is 0.493 e. The molecule has 0 aliphatic rings. The molecule has 1 aromatic carbocycles. The van der Waals surface area contributed by atoms with Crippen LogP contribution in [0.2, 0.25) is 0 Å². The standard InChI is InChI=1S/C15H18BrNO2/c1-4-18-13-6-5-11(9-12(13)16)14(17-3)15-10(2)7-8-19-15/h5-9,14,17H,4H2,1-3H3. The van der Waals surface area contributed by atoms with Gasteiger partial charge in [-0.2, -0.15) is 0 Å². The normalized spacial score (nSPS) is 12.4. The Morgan fingerprint density at radius 1 is 1.37 bits per heavy atom. The molecule has 1 aromatic heterocycles. The van der Waals surface area contributed by atoms with Crippen molar-refractivity contribution in [2.45, 2.75) is 19.9 Å². The van der Waals surface area contributed by atoms with Gasteiger partial charge in [-0.25, -0.2) is 0 Å². The molecule has 0 radical (unpaired) electrons. The van der Waals surface area contributed by atoms with Crippen LogP contribution in [0.15, 0.2) is 39.4 Å². The Labute approximate surface area is 122 Å². The summed E-state index contributed by atoms with van der Waals surface area (Å²) in [5, 5.41) is 3.28. The highest BCUT2D eigenvalue weighted by molar-refractivity contribution is 9.10. The van der Waals surface area contributed by atoms with Crippen molar-refractivity contribution in [3.05, 3.63) is 51.9 Å². The van der Waals surface area contributed by atoms with Crippen molar-refractivity contribution in [2.24, 2.45) is 0 Å². The number of aryl methyl sites for hydroxylation is 1. The number of benzene rings is 1. The minimum Gasteiger partial charge on any atom is -0.493 e. The smallest absolute Gasteiger partial charge is 0.133 e. The van der Waals surface area contributed by atoms with E-state index in [9.17, 15) is 0 Å². The molecule has 0 saturated carbocycles. The number of furan rings is 1. The zero-order valence-electron chi connectivity index (χ0n) is 11.4. The van der Waals surface area contributed by atoms with E-state index in [-0.39, 0.29) is 6.04 Å². The summed E-state index contributed by atoms with van der Waals surface area (Å²) in [7, 11) is 1.93. The maximum atomic E-state index is 5.58. The van der Waals surface area contributed by atoms with E-state index in [4.69, 9.17) is 9.15 Å². The SMILES string of the molecule is CCOc1ccc(C(NC)c2occc2C)cc1Br. The van der Waals surface area contributed by atoms with Gasteiger partial charge in [-0.05, 0) is 66.2 Å². The van der Waals surface area contributed by atoms with Crippen LogP contribution in [0.4, 0.5) is 0 Å². The minimum atomic E-state index is 0.0435. The summed E-state index contributed by atoms with van der Waals surface area (Å²) in [6.07, 6.45) is 1.72. The van der Waals surface area contributed by atoms with Crippen molar-refractivity contribution in [3.63, 3.8) is 0 Å². The molecule has 0 aliphatic heterocycles. The molecule has 1 unspecified atom stereocenters. The molecule has 2 aromatic rings. The van der Waals surface area contributed by atoms with Gasteiger partial charge in [0.1, 0.15) is 11.5 Å². The van der Waals surface area contributed by atoms with Crippen LogP contribution >= 0.6 is 15.9 Å². The molecule has 2 rings (SSSR count). The molecule has 0 aliphatic carbocycles. The Hall–Kier alpha value is -1.26. The van der Waals surface area contributed by atoms with Crippen molar-refractivity contribution < 1.29 is 9.15 Å². The quantitative estimate of drug-likeness (QED) is 0.901. The second kappa shape index (κ2) is 6.26. The second-order valence-electron chi connectivity index (χ2n) is 4.31. The summed E-state index contributed by atoms with van der Waals surface area (Å²) >= 11 is 3.54. The summed E-state index contributed by atoms with van der Waals surface area (Å²) in [5.74, 6) is 1.80. The van der Waals surface area contributed by atoms with E-state index >= 15 is 0 Å². The van der Waals surface area contributed by atoms with Crippen LogP contribution in [0.3, 0.4) is 0 Å². The Morgan fingerprint density at radius 3 is 2.68 bits per heavy atom. The third kappa shape index (κ3) is 3.01. The molecular formula is C15H18BrNO2. The van der Waals surface area contributed by atoms with Gasteiger partial charge in [0.2, 0.25) is 0 Å². The second-order valence-corrected chi connectivity index (χ2v) is 5.17. The molecule has 4 heteroatoms. The third-order valence-corrected chi connectivity index (χ3v) is 3.66. The summed E-state index contributed by atoms with van der Waals surface area (Å²) in [5.41, 5.74) is 2.28. The van der Waals surface area contributed by atoms with E-state index in [0.717, 1.165) is 27.1 Å². The number of nitrogens with one attached hydrogen (secondary N) is 1. The first-order valence-electron chi connectivity index (χ1n) is 6.30. The average molecular weight is 324 g/mol. The van der Waals surface area contributed by atoms with Gasteiger partial charge in [0.25, 0.3) is 0 Å². The van der Waals surface area contributed by atoms with Crippen molar-refractivity contribution in [3.8, 4) is 5.75 Å². The van der Waals surface area contributed by atoms with Crippen molar-refractivity contribution in [2.75, 3.05) is 13.7 Å². The molecule has 19 heavy (non-hydrogen) atoms. The van der Waals surface area contributed by atoms with Crippen LogP contribution in [-0.4, -0.2) is 13.7 Å². The van der Waals surface area contributed by atoms with Crippen molar-refractivity contribution >= 4 is 15.9 Å². The first-order chi connectivity index (χ1) is 9.17. The van der Waals surface area contributed by atoms with Gasteiger partial charge in [0.15, 0.2) is 0 Å². The zero-order valence-corrected chi connectivity index (χ0v) is 13.0. The van der Waals surface area contributed by atoms with Gasteiger partial charge >= 0.3 is 0 Å². The van der Waals surface area contributed by atoms with Crippen LogP contribution < -0.4 is 10.1 Å². The number of rotatable bonds is 5. The predicted molar refractivity (Wildman–Crippen MR) is 79.7 cm³/mol. The first kappa shape index (κ1) is 14.2. The van der Waals surface area contributed by atoms with Gasteiger partial charge in [0.05, 0.1) is 23.4 Å². The zero-order chi connectivity index (χ0) is 13.8. The van der Waals surface area contributed by atoms with Crippen LogP contribution in [0.25, 0.3) is 0 Å².